The molecule has 3 nitrogen and oxygen atoms in total. The second kappa shape index (κ2) is 5.25. The van der Waals surface area contributed by atoms with Crippen LogP contribution in [-0.2, 0) is 11.2 Å². The number of hydrogen-bond acceptors (Lipinski definition) is 4. The SMILES string of the molecule is CNCC1(Cc2nc(C)cs2)CCCOC1. The maximum atomic E-state index is 5.65. The maximum absolute atomic E-state index is 5.65. The molecule has 1 aliphatic rings. The minimum Gasteiger partial charge on any atom is -0.381 e. The number of nitrogens with one attached hydrogen (secondary N) is 1. The van der Waals surface area contributed by atoms with E-state index in [1.807, 2.05) is 7.05 Å². The van der Waals surface area contributed by atoms with E-state index in [1.165, 1.54) is 17.8 Å². The molecule has 1 aromatic heterocycles. The first-order chi connectivity index (χ1) is 7.74. The molecule has 0 radical (unpaired) electrons. The van der Waals surface area contributed by atoms with Crippen LogP contribution >= 0.6 is 11.3 Å². The van der Waals surface area contributed by atoms with Gasteiger partial charge in [-0.1, -0.05) is 0 Å². The Morgan fingerprint density at radius 1 is 1.62 bits per heavy atom. The predicted molar refractivity (Wildman–Crippen MR) is 67.0 cm³/mol. The first-order valence-electron chi connectivity index (χ1n) is 5.87. The molecule has 1 unspecified atom stereocenters. The molecule has 0 spiro atoms. The summed E-state index contributed by atoms with van der Waals surface area (Å²) in [4.78, 5) is 4.57. The summed E-state index contributed by atoms with van der Waals surface area (Å²) in [6.45, 7) is 4.86. The van der Waals surface area contributed by atoms with Crippen LogP contribution in [0, 0.1) is 12.3 Å². The lowest BCUT2D eigenvalue weighted by atomic mass is 9.79. The second-order valence-electron chi connectivity index (χ2n) is 4.75. The van der Waals surface area contributed by atoms with E-state index in [9.17, 15) is 0 Å². The smallest absolute Gasteiger partial charge is 0.0935 e. The van der Waals surface area contributed by atoms with E-state index in [0.29, 0.717) is 0 Å². The van der Waals surface area contributed by atoms with E-state index in [1.54, 1.807) is 11.3 Å². The van der Waals surface area contributed by atoms with Gasteiger partial charge in [-0.05, 0) is 26.8 Å². The molecule has 16 heavy (non-hydrogen) atoms. The lowest BCUT2D eigenvalue weighted by Crippen LogP contribution is -2.41. The molecule has 1 saturated heterocycles. The van der Waals surface area contributed by atoms with E-state index in [0.717, 1.165) is 31.9 Å². The van der Waals surface area contributed by atoms with Crippen LogP contribution in [0.1, 0.15) is 23.5 Å². The Bertz CT molecular complexity index is 326. The molecule has 1 atom stereocenters. The highest BCUT2D eigenvalue weighted by molar-refractivity contribution is 7.09. The number of rotatable bonds is 4. The Hall–Kier alpha value is -0.450. The van der Waals surface area contributed by atoms with E-state index in [2.05, 4.69) is 22.6 Å². The standard InChI is InChI=1S/C12H20N2OS/c1-10-7-16-11(14-10)6-12(8-13-2)4-3-5-15-9-12/h7,13H,3-6,8-9H2,1-2H3. The highest BCUT2D eigenvalue weighted by Gasteiger charge is 2.33. The van der Waals surface area contributed by atoms with E-state index in [-0.39, 0.29) is 5.41 Å². The van der Waals surface area contributed by atoms with Crippen molar-refractivity contribution in [1.82, 2.24) is 10.3 Å². The summed E-state index contributed by atoms with van der Waals surface area (Å²) < 4.78 is 5.65. The van der Waals surface area contributed by atoms with Gasteiger partial charge in [-0.15, -0.1) is 11.3 Å². The van der Waals surface area contributed by atoms with Crippen LogP contribution in [-0.4, -0.2) is 31.8 Å². The van der Waals surface area contributed by atoms with Gasteiger partial charge in [0.05, 0.1) is 11.6 Å². The lowest BCUT2D eigenvalue weighted by molar-refractivity contribution is -0.00627. The molecular weight excluding hydrogens is 220 g/mol. The molecule has 0 aliphatic carbocycles. The highest BCUT2D eigenvalue weighted by Crippen LogP contribution is 2.32. The zero-order valence-corrected chi connectivity index (χ0v) is 10.9. The molecule has 1 aromatic rings. The topological polar surface area (TPSA) is 34.2 Å². The van der Waals surface area contributed by atoms with Crippen molar-refractivity contribution in [3.05, 3.63) is 16.1 Å². The Balaban J connectivity index is 2.06. The van der Waals surface area contributed by atoms with Crippen LogP contribution in [0.5, 0.6) is 0 Å². The summed E-state index contributed by atoms with van der Waals surface area (Å²) in [7, 11) is 2.02. The number of ether oxygens (including phenoxy) is 1. The van der Waals surface area contributed by atoms with Gasteiger partial charge >= 0.3 is 0 Å². The van der Waals surface area contributed by atoms with Crippen molar-refractivity contribution in [2.75, 3.05) is 26.8 Å². The zero-order chi connectivity index (χ0) is 11.4. The molecule has 2 rings (SSSR count). The van der Waals surface area contributed by atoms with Gasteiger partial charge in [-0.25, -0.2) is 4.98 Å². The van der Waals surface area contributed by atoms with Gasteiger partial charge in [0.2, 0.25) is 0 Å². The molecule has 0 saturated carbocycles. The molecule has 4 heteroatoms. The number of hydrogen-bond donors (Lipinski definition) is 1. The van der Waals surface area contributed by atoms with Crippen LogP contribution in [0.25, 0.3) is 0 Å². The fourth-order valence-electron chi connectivity index (χ4n) is 2.43. The van der Waals surface area contributed by atoms with Gasteiger partial charge in [0.15, 0.2) is 0 Å². The third-order valence-corrected chi connectivity index (χ3v) is 4.12. The van der Waals surface area contributed by atoms with Gasteiger partial charge in [-0.2, -0.15) is 0 Å². The summed E-state index contributed by atoms with van der Waals surface area (Å²) in [5.74, 6) is 0. The quantitative estimate of drug-likeness (QED) is 0.874. The predicted octanol–water partition coefficient (Wildman–Crippen LogP) is 2.01. The van der Waals surface area contributed by atoms with E-state index >= 15 is 0 Å². The fraction of sp³-hybridized carbons (Fsp3) is 0.750. The molecule has 1 N–H and O–H groups in total. The van der Waals surface area contributed by atoms with Gasteiger partial charge in [0.1, 0.15) is 0 Å². The monoisotopic (exact) mass is 240 g/mol. The fourth-order valence-corrected chi connectivity index (χ4v) is 3.38. The zero-order valence-electron chi connectivity index (χ0n) is 10.1. The van der Waals surface area contributed by atoms with Crippen LogP contribution < -0.4 is 5.32 Å². The molecule has 0 amide bonds. The van der Waals surface area contributed by atoms with Crippen molar-refractivity contribution >= 4 is 11.3 Å². The van der Waals surface area contributed by atoms with Gasteiger partial charge in [-0.3, -0.25) is 0 Å². The van der Waals surface area contributed by atoms with E-state index in [4.69, 9.17) is 4.74 Å². The lowest BCUT2D eigenvalue weighted by Gasteiger charge is -2.36. The number of nitrogens with zero attached hydrogens (tertiary/aromatic N) is 1. The molecule has 2 heterocycles. The van der Waals surface area contributed by atoms with Crippen molar-refractivity contribution in [2.24, 2.45) is 5.41 Å². The molecule has 0 aromatic carbocycles. The van der Waals surface area contributed by atoms with Gasteiger partial charge in [0.25, 0.3) is 0 Å². The Kier molecular flexibility index (Phi) is 3.95. The minimum absolute atomic E-state index is 0.261. The second-order valence-corrected chi connectivity index (χ2v) is 5.69. The van der Waals surface area contributed by atoms with Crippen molar-refractivity contribution in [3.63, 3.8) is 0 Å². The maximum Gasteiger partial charge on any atom is 0.0935 e. The highest BCUT2D eigenvalue weighted by atomic mass is 32.1. The summed E-state index contributed by atoms with van der Waals surface area (Å²) in [6, 6.07) is 0. The Morgan fingerprint density at radius 3 is 3.06 bits per heavy atom. The van der Waals surface area contributed by atoms with Crippen molar-refractivity contribution in [1.29, 1.82) is 0 Å². The third-order valence-electron chi connectivity index (χ3n) is 3.15. The van der Waals surface area contributed by atoms with Crippen molar-refractivity contribution < 1.29 is 4.74 Å². The summed E-state index contributed by atoms with van der Waals surface area (Å²) in [5, 5.41) is 6.68. The van der Waals surface area contributed by atoms with Gasteiger partial charge < -0.3 is 10.1 Å². The van der Waals surface area contributed by atoms with Crippen molar-refractivity contribution in [2.45, 2.75) is 26.2 Å². The average molecular weight is 240 g/mol. The molecule has 0 bridgehead atoms. The number of aromatic nitrogens is 1. The number of aryl methyl sites for hydroxylation is 1. The minimum atomic E-state index is 0.261. The molecule has 1 fully saturated rings. The Morgan fingerprint density at radius 2 is 2.50 bits per heavy atom. The van der Waals surface area contributed by atoms with E-state index < -0.39 is 0 Å². The normalized spacial score (nSPS) is 25.9. The van der Waals surface area contributed by atoms with Crippen LogP contribution in [0.15, 0.2) is 5.38 Å². The van der Waals surface area contributed by atoms with Gasteiger partial charge in [0, 0.05) is 36.1 Å². The van der Waals surface area contributed by atoms with Crippen LogP contribution in [0.3, 0.4) is 0 Å². The van der Waals surface area contributed by atoms with Crippen LogP contribution in [0.2, 0.25) is 0 Å². The molecule has 1 aliphatic heterocycles. The largest absolute Gasteiger partial charge is 0.381 e. The molecule has 90 valence electrons. The average Bonchev–Trinajstić information content (AvgIpc) is 2.65. The number of thiazole rings is 1. The summed E-state index contributed by atoms with van der Waals surface area (Å²) in [6.07, 6.45) is 3.46. The first kappa shape index (κ1) is 12.0. The third kappa shape index (κ3) is 2.81. The van der Waals surface area contributed by atoms with Crippen molar-refractivity contribution in [3.8, 4) is 0 Å². The first-order valence-corrected chi connectivity index (χ1v) is 6.75. The van der Waals surface area contributed by atoms with Crippen LogP contribution in [0.4, 0.5) is 0 Å². The molecular formula is C12H20N2OS. The summed E-state index contributed by atoms with van der Waals surface area (Å²) in [5.41, 5.74) is 1.40. The Labute approximate surface area is 101 Å². The summed E-state index contributed by atoms with van der Waals surface area (Å²) >= 11 is 1.77.